The minimum atomic E-state index is -4.03. The van der Waals surface area contributed by atoms with Crippen molar-refractivity contribution in [3.8, 4) is 11.1 Å². The number of carboxylic acids is 1. The van der Waals surface area contributed by atoms with E-state index in [1.165, 1.54) is 11.1 Å². The fourth-order valence-electron chi connectivity index (χ4n) is 3.03. The van der Waals surface area contributed by atoms with Crippen LogP contribution in [0.15, 0.2) is 71.6 Å². The molecule has 0 atom stereocenters. The summed E-state index contributed by atoms with van der Waals surface area (Å²) in [5.74, 6) is -1.21. The van der Waals surface area contributed by atoms with Crippen LogP contribution in [0, 0.1) is 0 Å². The number of aromatic carboxylic acids is 1. The highest BCUT2D eigenvalue weighted by atomic mass is 32.2. The fraction of sp³-hybridized carbons (Fsp3) is 0.136. The van der Waals surface area contributed by atoms with Crippen molar-refractivity contribution in [1.29, 1.82) is 0 Å². The standard InChI is InChI=1S/C16H18N2O4S.C6H4/c1-2-18-14-9-12(8-11-6-4-3-5-7-11)15(23(17,21)22)10-13(14)16(19)20;1-2-5-4-6(5)3-1/h3-7,9-10,18H,2,8H2,1H3,(H,19,20)(H2,17,21,22);1-4H. The molecule has 2 aromatic rings. The molecule has 0 saturated carbocycles. The number of carbonyl (C=O) groups is 1. The molecule has 6 nitrogen and oxygen atoms in total. The van der Waals surface area contributed by atoms with Crippen molar-refractivity contribution in [1.82, 2.24) is 0 Å². The number of hydrogen-bond donors (Lipinski definition) is 3. The molecule has 0 aromatic heterocycles. The maximum absolute atomic E-state index is 11.9. The molecule has 4 rings (SSSR count). The number of nitrogens with one attached hydrogen (secondary N) is 1. The first kappa shape index (κ1) is 20.6. The van der Waals surface area contributed by atoms with E-state index >= 15 is 0 Å². The molecule has 4 N–H and O–H groups in total. The number of anilines is 1. The van der Waals surface area contributed by atoms with E-state index in [1.54, 1.807) is 6.07 Å². The highest BCUT2D eigenvalue weighted by molar-refractivity contribution is 7.89. The van der Waals surface area contributed by atoms with Crippen LogP contribution in [0.4, 0.5) is 5.69 Å². The van der Waals surface area contributed by atoms with Gasteiger partial charge in [-0.15, -0.1) is 0 Å². The number of hydrogen-bond acceptors (Lipinski definition) is 4. The second-order valence-corrected chi connectivity index (χ2v) is 8.16. The van der Waals surface area contributed by atoms with Crippen LogP contribution < -0.4 is 10.5 Å². The molecule has 0 aliphatic heterocycles. The summed E-state index contributed by atoms with van der Waals surface area (Å²) in [6.07, 6.45) is 0.338. The SMILES string of the molecule is CCNc1cc(Cc2ccccc2)c(S(N)(=O)=O)cc1C(=O)O.c1cc2cc-2c1. The van der Waals surface area contributed by atoms with Gasteiger partial charge in [-0.1, -0.05) is 48.5 Å². The van der Waals surface area contributed by atoms with E-state index in [0.29, 0.717) is 24.2 Å². The van der Waals surface area contributed by atoms with Crippen LogP contribution in [-0.2, 0) is 16.4 Å². The van der Waals surface area contributed by atoms with Gasteiger partial charge in [0.05, 0.1) is 10.5 Å². The predicted molar refractivity (Wildman–Crippen MR) is 114 cm³/mol. The van der Waals surface area contributed by atoms with Crippen LogP contribution >= 0.6 is 0 Å². The summed E-state index contributed by atoms with van der Waals surface area (Å²) >= 11 is 0. The van der Waals surface area contributed by atoms with Crippen molar-refractivity contribution in [2.75, 3.05) is 11.9 Å². The van der Waals surface area contributed by atoms with Crippen LogP contribution in [-0.4, -0.2) is 26.0 Å². The van der Waals surface area contributed by atoms with E-state index in [4.69, 9.17) is 5.14 Å². The molecular formula is C22H22N2O4S. The lowest BCUT2D eigenvalue weighted by atomic mass is 10.0. The number of benzene rings is 3. The Kier molecular flexibility index (Phi) is 6.00. The van der Waals surface area contributed by atoms with Crippen molar-refractivity contribution >= 4 is 21.7 Å². The minimum absolute atomic E-state index is 0.118. The van der Waals surface area contributed by atoms with Gasteiger partial charge in [0.2, 0.25) is 10.0 Å². The minimum Gasteiger partial charge on any atom is -0.478 e. The molecule has 0 saturated heterocycles. The summed E-state index contributed by atoms with van der Waals surface area (Å²) in [7, 11) is -4.03. The first-order chi connectivity index (χ1) is 13.8. The van der Waals surface area contributed by atoms with E-state index in [9.17, 15) is 18.3 Å². The molecular weight excluding hydrogens is 388 g/mol. The maximum Gasteiger partial charge on any atom is 0.337 e. The average molecular weight is 410 g/mol. The Morgan fingerprint density at radius 2 is 1.66 bits per heavy atom. The molecule has 150 valence electrons. The summed E-state index contributed by atoms with van der Waals surface area (Å²) in [5.41, 5.74) is 4.47. The van der Waals surface area contributed by atoms with Crippen LogP contribution in [0.1, 0.15) is 28.4 Å². The molecule has 2 aliphatic rings. The third-order valence-corrected chi connectivity index (χ3v) is 5.45. The Balaban J connectivity index is 0.000000334. The zero-order chi connectivity index (χ0) is 21.0. The Bertz CT molecular complexity index is 1130. The Labute approximate surface area is 170 Å². The quantitative estimate of drug-likeness (QED) is 0.449. The van der Waals surface area contributed by atoms with Gasteiger partial charge in [-0.25, -0.2) is 18.4 Å². The van der Waals surface area contributed by atoms with Crippen molar-refractivity contribution in [2.24, 2.45) is 5.14 Å². The lowest BCUT2D eigenvalue weighted by Gasteiger charge is -2.14. The number of rotatable bonds is 6. The maximum atomic E-state index is 11.9. The molecule has 0 unspecified atom stereocenters. The number of fused-ring (bicyclic) bond motifs is 1. The van der Waals surface area contributed by atoms with Gasteiger partial charge in [0.1, 0.15) is 0 Å². The van der Waals surface area contributed by atoms with Crippen molar-refractivity contribution in [3.63, 3.8) is 0 Å². The van der Waals surface area contributed by atoms with Crippen molar-refractivity contribution < 1.29 is 18.3 Å². The smallest absolute Gasteiger partial charge is 0.337 e. The highest BCUT2D eigenvalue weighted by Gasteiger charge is 2.21. The zero-order valence-corrected chi connectivity index (χ0v) is 16.7. The molecule has 0 fully saturated rings. The monoisotopic (exact) mass is 410 g/mol. The first-order valence-corrected chi connectivity index (χ1v) is 10.7. The van der Waals surface area contributed by atoms with Gasteiger partial charge in [-0.05, 0) is 53.8 Å². The third kappa shape index (κ3) is 5.22. The Morgan fingerprint density at radius 1 is 1.00 bits per heavy atom. The molecule has 0 heterocycles. The Hall–Kier alpha value is -3.16. The fourth-order valence-corrected chi connectivity index (χ4v) is 3.81. The van der Waals surface area contributed by atoms with Crippen LogP contribution in [0.2, 0.25) is 0 Å². The predicted octanol–water partition coefficient (Wildman–Crippen LogP) is 3.72. The van der Waals surface area contributed by atoms with Gasteiger partial charge in [0.25, 0.3) is 0 Å². The molecule has 0 radical (unpaired) electrons. The number of carboxylic acid groups (broad SMARTS) is 1. The second kappa shape index (κ2) is 8.46. The second-order valence-electron chi connectivity index (χ2n) is 6.63. The van der Waals surface area contributed by atoms with Gasteiger partial charge in [0.15, 0.2) is 0 Å². The number of nitrogens with two attached hydrogens (primary N) is 1. The van der Waals surface area contributed by atoms with Gasteiger partial charge in [0, 0.05) is 12.2 Å². The van der Waals surface area contributed by atoms with E-state index in [1.807, 2.05) is 37.3 Å². The van der Waals surface area contributed by atoms with E-state index < -0.39 is 16.0 Å². The molecule has 7 heteroatoms. The molecule has 0 spiro atoms. The highest BCUT2D eigenvalue weighted by Crippen LogP contribution is 2.32. The van der Waals surface area contributed by atoms with Crippen molar-refractivity contribution in [3.05, 3.63) is 83.4 Å². The normalized spacial score (nSPS) is 11.2. The van der Waals surface area contributed by atoms with Gasteiger partial charge in [-0.2, -0.15) is 0 Å². The first-order valence-electron chi connectivity index (χ1n) is 9.11. The van der Waals surface area contributed by atoms with E-state index in [-0.39, 0.29) is 10.5 Å². The summed E-state index contributed by atoms with van der Waals surface area (Å²) < 4.78 is 23.7. The van der Waals surface area contributed by atoms with Crippen LogP contribution in [0.25, 0.3) is 11.1 Å². The topological polar surface area (TPSA) is 109 Å². The van der Waals surface area contributed by atoms with Gasteiger partial charge < -0.3 is 10.4 Å². The van der Waals surface area contributed by atoms with Gasteiger partial charge >= 0.3 is 5.97 Å². The van der Waals surface area contributed by atoms with Crippen molar-refractivity contribution in [2.45, 2.75) is 18.2 Å². The summed E-state index contributed by atoms with van der Waals surface area (Å²) in [6.45, 7) is 2.34. The van der Waals surface area contributed by atoms with Crippen LogP contribution in [0.5, 0.6) is 0 Å². The zero-order valence-electron chi connectivity index (χ0n) is 15.9. The van der Waals surface area contributed by atoms with Crippen LogP contribution in [0.3, 0.4) is 0 Å². The molecule has 29 heavy (non-hydrogen) atoms. The summed E-state index contributed by atoms with van der Waals surface area (Å²) in [6, 6.07) is 20.4. The van der Waals surface area contributed by atoms with E-state index in [2.05, 4.69) is 29.6 Å². The largest absolute Gasteiger partial charge is 0.478 e. The summed E-state index contributed by atoms with van der Waals surface area (Å²) in [5, 5.41) is 17.5. The Morgan fingerprint density at radius 3 is 2.10 bits per heavy atom. The molecule has 2 aliphatic carbocycles. The van der Waals surface area contributed by atoms with Gasteiger partial charge in [-0.3, -0.25) is 0 Å². The molecule has 2 aromatic carbocycles. The average Bonchev–Trinajstić information content (AvgIpc) is 3.27. The van der Waals surface area contributed by atoms with E-state index in [0.717, 1.165) is 11.6 Å². The lowest BCUT2D eigenvalue weighted by Crippen LogP contribution is -2.17. The lowest BCUT2D eigenvalue weighted by molar-refractivity contribution is 0.0697. The number of primary sulfonamides is 1. The molecule has 0 bridgehead atoms. The third-order valence-electron chi connectivity index (χ3n) is 4.45. The number of sulfonamides is 1. The summed E-state index contributed by atoms with van der Waals surface area (Å²) in [4.78, 5) is 11.2. The molecule has 0 amide bonds.